The Kier molecular flexibility index (Phi) is 5.15. The summed E-state index contributed by atoms with van der Waals surface area (Å²) in [6.07, 6.45) is 1.02. The lowest BCUT2D eigenvalue weighted by Crippen LogP contribution is -2.08. The van der Waals surface area contributed by atoms with Gasteiger partial charge in [0, 0.05) is 17.8 Å². The van der Waals surface area contributed by atoms with E-state index in [1.165, 1.54) is 23.1 Å². The fourth-order valence-corrected chi connectivity index (χ4v) is 4.04. The molecular weight excluding hydrogens is 344 g/mol. The van der Waals surface area contributed by atoms with Crippen molar-refractivity contribution in [1.29, 1.82) is 0 Å². The van der Waals surface area contributed by atoms with Gasteiger partial charge in [-0.05, 0) is 37.1 Å². The fourth-order valence-electron chi connectivity index (χ4n) is 2.37. The summed E-state index contributed by atoms with van der Waals surface area (Å²) in [6.45, 7) is 4.79. The van der Waals surface area contributed by atoms with Crippen LogP contribution in [0.2, 0.25) is 0 Å². The third kappa shape index (κ3) is 3.59. The molecule has 0 saturated heterocycles. The first-order valence-corrected chi connectivity index (χ1v) is 9.57. The molecule has 3 rings (SSSR count). The molecule has 6 nitrogen and oxygen atoms in total. The second kappa shape index (κ2) is 7.31. The van der Waals surface area contributed by atoms with Crippen molar-refractivity contribution >= 4 is 45.6 Å². The summed E-state index contributed by atoms with van der Waals surface area (Å²) in [5.74, 6) is 0.0880. The van der Waals surface area contributed by atoms with Crippen LogP contribution in [0.1, 0.15) is 42.1 Å². The maximum Gasteiger partial charge on any atom is 0.231 e. The van der Waals surface area contributed by atoms with E-state index >= 15 is 0 Å². The van der Waals surface area contributed by atoms with Crippen LogP contribution in [-0.2, 0) is 4.79 Å². The summed E-state index contributed by atoms with van der Waals surface area (Å²) < 4.78 is 0.772. The Bertz CT molecular complexity index is 775. The number of benzene rings is 1. The van der Waals surface area contributed by atoms with Crippen molar-refractivity contribution in [2.24, 2.45) is 0 Å². The Balaban J connectivity index is 1.62. The van der Waals surface area contributed by atoms with Crippen molar-refractivity contribution in [2.45, 2.75) is 30.5 Å². The number of aromatic nitrogens is 2. The van der Waals surface area contributed by atoms with Gasteiger partial charge in [-0.3, -0.25) is 9.59 Å². The van der Waals surface area contributed by atoms with Crippen LogP contribution >= 0.6 is 23.1 Å². The lowest BCUT2D eigenvalue weighted by atomic mass is 9.99. The predicted octanol–water partition coefficient (Wildman–Crippen LogP) is 3.39. The van der Waals surface area contributed by atoms with E-state index in [1.807, 2.05) is 13.0 Å². The molecule has 1 amide bonds. The molecule has 0 fully saturated rings. The molecule has 0 bridgehead atoms. The number of thioether (sulfide) groups is 1. The molecule has 0 aliphatic carbocycles. The number of nitrogens with one attached hydrogen (secondary N) is 2. The Hall–Kier alpha value is -1.93. The maximum absolute atomic E-state index is 12.4. The van der Waals surface area contributed by atoms with Crippen LogP contribution in [0.5, 0.6) is 0 Å². The summed E-state index contributed by atoms with van der Waals surface area (Å²) in [5, 5.41) is 14.9. The average molecular weight is 362 g/mol. The highest BCUT2D eigenvalue weighted by Gasteiger charge is 2.27. The van der Waals surface area contributed by atoms with Crippen LogP contribution in [0, 0.1) is 0 Å². The van der Waals surface area contributed by atoms with Gasteiger partial charge in [0.25, 0.3) is 0 Å². The van der Waals surface area contributed by atoms with Gasteiger partial charge in [0.2, 0.25) is 11.0 Å². The Morgan fingerprint density at radius 3 is 3.04 bits per heavy atom. The molecule has 0 unspecified atom stereocenters. The van der Waals surface area contributed by atoms with Crippen LogP contribution in [0.15, 0.2) is 22.5 Å². The number of fused-ring (bicyclic) bond motifs is 1. The van der Waals surface area contributed by atoms with E-state index in [0.717, 1.165) is 33.7 Å². The molecule has 0 radical (unpaired) electrons. The predicted molar refractivity (Wildman–Crippen MR) is 97.2 cm³/mol. The highest BCUT2D eigenvalue weighted by Crippen LogP contribution is 2.33. The largest absolute Gasteiger partial charge is 0.360 e. The van der Waals surface area contributed by atoms with Gasteiger partial charge in [-0.2, -0.15) is 0 Å². The van der Waals surface area contributed by atoms with Crippen molar-refractivity contribution in [1.82, 2.24) is 10.2 Å². The van der Waals surface area contributed by atoms with E-state index in [0.29, 0.717) is 11.3 Å². The molecule has 1 aliphatic rings. The van der Waals surface area contributed by atoms with Crippen LogP contribution in [0.3, 0.4) is 0 Å². The average Bonchev–Trinajstić information content (AvgIpc) is 3.15. The number of carbonyl (C=O) groups excluding carboxylic acids is 2. The third-order valence-corrected chi connectivity index (χ3v) is 5.76. The standard InChI is InChI=1S/C16H18N4O2S2/c1-3-6-17-15-19-20-16(24-15)23-8-13(21)10-4-5-12-11(7-10)9(2)14(22)18-12/h4-5,7,9H,3,6,8H2,1-2H3,(H,17,19)(H,18,22)/t9-/m0/s1. The number of anilines is 2. The monoisotopic (exact) mass is 362 g/mol. The number of hydrogen-bond acceptors (Lipinski definition) is 7. The Morgan fingerprint density at radius 1 is 1.42 bits per heavy atom. The topological polar surface area (TPSA) is 84.0 Å². The second-order valence-corrected chi connectivity index (χ2v) is 7.72. The summed E-state index contributed by atoms with van der Waals surface area (Å²) in [5.41, 5.74) is 2.31. The van der Waals surface area contributed by atoms with Crippen molar-refractivity contribution < 1.29 is 9.59 Å². The molecule has 2 heterocycles. The molecule has 126 valence electrons. The van der Waals surface area contributed by atoms with Crippen LogP contribution in [0.4, 0.5) is 10.8 Å². The Morgan fingerprint density at radius 2 is 2.25 bits per heavy atom. The minimum Gasteiger partial charge on any atom is -0.360 e. The SMILES string of the molecule is CCCNc1nnc(SCC(=O)c2ccc3c(c2)[C@H](C)C(=O)N3)s1. The summed E-state index contributed by atoms with van der Waals surface area (Å²) in [4.78, 5) is 24.1. The molecule has 1 atom stereocenters. The number of rotatable bonds is 7. The molecular formula is C16H18N4O2S2. The molecule has 8 heteroatoms. The molecule has 1 aliphatic heterocycles. The molecule has 1 aromatic heterocycles. The highest BCUT2D eigenvalue weighted by atomic mass is 32.2. The lowest BCUT2D eigenvalue weighted by molar-refractivity contribution is -0.116. The fraction of sp³-hybridized carbons (Fsp3) is 0.375. The first kappa shape index (κ1) is 16.9. The number of ketones is 1. The van der Waals surface area contributed by atoms with Crippen LogP contribution in [0.25, 0.3) is 0 Å². The molecule has 2 aromatic rings. The first-order chi connectivity index (χ1) is 11.6. The summed E-state index contributed by atoms with van der Waals surface area (Å²) in [6, 6.07) is 5.37. The van der Waals surface area contributed by atoms with Crippen molar-refractivity contribution in [3.63, 3.8) is 0 Å². The van der Waals surface area contributed by atoms with Gasteiger partial charge in [0.05, 0.1) is 11.7 Å². The maximum atomic E-state index is 12.4. The minimum absolute atomic E-state index is 0.0209. The number of nitrogens with zero attached hydrogens (tertiary/aromatic N) is 2. The third-order valence-electron chi connectivity index (χ3n) is 3.75. The number of amides is 1. The zero-order valence-electron chi connectivity index (χ0n) is 13.5. The highest BCUT2D eigenvalue weighted by molar-refractivity contribution is 8.01. The minimum atomic E-state index is -0.212. The van der Waals surface area contributed by atoms with E-state index in [1.54, 1.807) is 12.1 Å². The quantitative estimate of drug-likeness (QED) is 0.580. The zero-order valence-corrected chi connectivity index (χ0v) is 15.1. The van der Waals surface area contributed by atoms with E-state index in [4.69, 9.17) is 0 Å². The molecule has 0 saturated carbocycles. The van der Waals surface area contributed by atoms with E-state index < -0.39 is 0 Å². The molecule has 0 spiro atoms. The van der Waals surface area contributed by atoms with Crippen molar-refractivity contribution in [3.8, 4) is 0 Å². The number of hydrogen-bond donors (Lipinski definition) is 2. The second-order valence-electron chi connectivity index (χ2n) is 5.52. The van der Waals surface area contributed by atoms with Gasteiger partial charge in [0.1, 0.15) is 0 Å². The molecule has 2 N–H and O–H groups in total. The number of Topliss-reactive ketones (excluding diaryl/α,β-unsaturated/α-hetero) is 1. The smallest absolute Gasteiger partial charge is 0.231 e. The van der Waals surface area contributed by atoms with Crippen molar-refractivity contribution in [2.75, 3.05) is 22.9 Å². The van der Waals surface area contributed by atoms with E-state index in [2.05, 4.69) is 27.8 Å². The van der Waals surface area contributed by atoms with Gasteiger partial charge in [-0.1, -0.05) is 30.0 Å². The van der Waals surface area contributed by atoms with Crippen LogP contribution in [-0.4, -0.2) is 34.2 Å². The summed E-state index contributed by atoms with van der Waals surface area (Å²) >= 11 is 2.84. The van der Waals surface area contributed by atoms with Crippen molar-refractivity contribution in [3.05, 3.63) is 29.3 Å². The van der Waals surface area contributed by atoms with Crippen LogP contribution < -0.4 is 10.6 Å². The molecule has 1 aromatic carbocycles. The van der Waals surface area contributed by atoms with E-state index in [-0.39, 0.29) is 17.6 Å². The zero-order chi connectivity index (χ0) is 17.1. The number of carbonyl (C=O) groups is 2. The van der Waals surface area contributed by atoms with E-state index in [9.17, 15) is 9.59 Å². The first-order valence-electron chi connectivity index (χ1n) is 7.76. The Labute approximate surface area is 148 Å². The summed E-state index contributed by atoms with van der Waals surface area (Å²) in [7, 11) is 0. The van der Waals surface area contributed by atoms with Gasteiger partial charge < -0.3 is 10.6 Å². The van der Waals surface area contributed by atoms with Gasteiger partial charge >= 0.3 is 0 Å². The normalized spacial score (nSPS) is 15.9. The van der Waals surface area contributed by atoms with Gasteiger partial charge in [0.15, 0.2) is 10.1 Å². The van der Waals surface area contributed by atoms with Gasteiger partial charge in [-0.15, -0.1) is 10.2 Å². The molecule has 24 heavy (non-hydrogen) atoms. The lowest BCUT2D eigenvalue weighted by Gasteiger charge is -2.04. The van der Waals surface area contributed by atoms with Gasteiger partial charge in [-0.25, -0.2) is 0 Å².